The van der Waals surface area contributed by atoms with Crippen LogP contribution in [0.25, 0.3) is 0 Å². The monoisotopic (exact) mass is 401 g/mol. The molecule has 2 aromatic rings. The van der Waals surface area contributed by atoms with Crippen LogP contribution in [0, 0.1) is 0 Å². The van der Waals surface area contributed by atoms with Crippen molar-refractivity contribution in [2.45, 2.75) is 44.1 Å². The molecule has 4 heteroatoms. The molecule has 1 fully saturated rings. The van der Waals surface area contributed by atoms with Gasteiger partial charge in [-0.3, -0.25) is 4.79 Å². The SMILES string of the molecule is CC(NC(=O)CCCOc1ccccc1)C1(c2ccc(Br)cc2)CC1. The van der Waals surface area contributed by atoms with E-state index in [2.05, 4.69) is 52.4 Å². The first-order valence-corrected chi connectivity index (χ1v) is 9.63. The van der Waals surface area contributed by atoms with Crippen LogP contribution < -0.4 is 10.1 Å². The summed E-state index contributed by atoms with van der Waals surface area (Å²) in [4.78, 5) is 12.3. The largest absolute Gasteiger partial charge is 0.494 e. The Morgan fingerprint density at radius 1 is 1.16 bits per heavy atom. The molecule has 1 unspecified atom stereocenters. The van der Waals surface area contributed by atoms with E-state index in [-0.39, 0.29) is 17.4 Å². The first-order chi connectivity index (χ1) is 12.1. The van der Waals surface area contributed by atoms with E-state index in [1.807, 2.05) is 30.3 Å². The van der Waals surface area contributed by atoms with Gasteiger partial charge in [0.2, 0.25) is 5.91 Å². The van der Waals surface area contributed by atoms with Crippen molar-refractivity contribution in [3.8, 4) is 5.75 Å². The highest BCUT2D eigenvalue weighted by atomic mass is 79.9. The number of para-hydroxylation sites is 1. The number of nitrogens with one attached hydrogen (secondary N) is 1. The van der Waals surface area contributed by atoms with E-state index >= 15 is 0 Å². The molecule has 132 valence electrons. The maximum atomic E-state index is 12.3. The van der Waals surface area contributed by atoms with E-state index in [4.69, 9.17) is 4.74 Å². The van der Waals surface area contributed by atoms with Crippen molar-refractivity contribution in [2.75, 3.05) is 6.61 Å². The van der Waals surface area contributed by atoms with E-state index in [9.17, 15) is 4.79 Å². The number of benzene rings is 2. The quantitative estimate of drug-likeness (QED) is 0.642. The van der Waals surface area contributed by atoms with Crippen LogP contribution in [0.3, 0.4) is 0 Å². The molecule has 1 aliphatic carbocycles. The van der Waals surface area contributed by atoms with Crippen molar-refractivity contribution in [2.24, 2.45) is 0 Å². The highest BCUT2D eigenvalue weighted by Crippen LogP contribution is 2.51. The summed E-state index contributed by atoms with van der Waals surface area (Å²) in [6.45, 7) is 2.68. The number of carbonyl (C=O) groups is 1. The zero-order valence-electron chi connectivity index (χ0n) is 14.5. The van der Waals surface area contributed by atoms with Crippen molar-refractivity contribution in [1.82, 2.24) is 5.32 Å². The number of ether oxygens (including phenoxy) is 1. The van der Waals surface area contributed by atoms with Gasteiger partial charge in [-0.2, -0.15) is 0 Å². The summed E-state index contributed by atoms with van der Waals surface area (Å²) < 4.78 is 6.72. The van der Waals surface area contributed by atoms with Crippen LogP contribution in [-0.4, -0.2) is 18.6 Å². The molecule has 0 radical (unpaired) electrons. The average molecular weight is 402 g/mol. The van der Waals surface area contributed by atoms with Crippen LogP contribution in [0.4, 0.5) is 0 Å². The average Bonchev–Trinajstić information content (AvgIpc) is 3.42. The molecule has 1 saturated carbocycles. The fraction of sp³-hybridized carbons (Fsp3) is 0.381. The van der Waals surface area contributed by atoms with Gasteiger partial charge in [0.05, 0.1) is 6.61 Å². The maximum absolute atomic E-state index is 12.3. The topological polar surface area (TPSA) is 38.3 Å². The van der Waals surface area contributed by atoms with Gasteiger partial charge in [0.15, 0.2) is 0 Å². The van der Waals surface area contributed by atoms with Gasteiger partial charge in [0.25, 0.3) is 0 Å². The summed E-state index contributed by atoms with van der Waals surface area (Å²) in [5, 5.41) is 3.19. The van der Waals surface area contributed by atoms with Crippen molar-refractivity contribution in [3.05, 3.63) is 64.6 Å². The molecule has 0 spiro atoms. The van der Waals surface area contributed by atoms with Crippen molar-refractivity contribution < 1.29 is 9.53 Å². The molecule has 1 N–H and O–H groups in total. The molecule has 2 aromatic carbocycles. The second kappa shape index (κ2) is 8.05. The number of hydrogen-bond acceptors (Lipinski definition) is 2. The number of hydrogen-bond donors (Lipinski definition) is 1. The number of amides is 1. The molecule has 0 aromatic heterocycles. The third kappa shape index (κ3) is 4.63. The highest BCUT2D eigenvalue weighted by Gasteiger charge is 2.49. The van der Waals surface area contributed by atoms with Gasteiger partial charge in [-0.25, -0.2) is 0 Å². The predicted molar refractivity (Wildman–Crippen MR) is 104 cm³/mol. The number of carbonyl (C=O) groups excluding carboxylic acids is 1. The number of halogens is 1. The zero-order chi connectivity index (χ0) is 17.7. The minimum Gasteiger partial charge on any atom is -0.494 e. The smallest absolute Gasteiger partial charge is 0.220 e. The Labute approximate surface area is 157 Å². The van der Waals surface area contributed by atoms with Gasteiger partial charge in [-0.05, 0) is 56.0 Å². The van der Waals surface area contributed by atoms with Crippen molar-refractivity contribution in [3.63, 3.8) is 0 Å². The number of rotatable bonds is 8. The van der Waals surface area contributed by atoms with Gasteiger partial charge in [0.1, 0.15) is 5.75 Å². The van der Waals surface area contributed by atoms with E-state index in [1.165, 1.54) is 5.56 Å². The normalized spacial score (nSPS) is 16.1. The second-order valence-corrected chi connectivity index (χ2v) is 7.63. The lowest BCUT2D eigenvalue weighted by molar-refractivity contribution is -0.122. The Hall–Kier alpha value is -1.81. The van der Waals surface area contributed by atoms with E-state index in [1.54, 1.807) is 0 Å². The molecule has 1 amide bonds. The lowest BCUT2D eigenvalue weighted by Crippen LogP contribution is -2.41. The maximum Gasteiger partial charge on any atom is 0.220 e. The van der Waals surface area contributed by atoms with Gasteiger partial charge in [0, 0.05) is 22.4 Å². The molecule has 0 aliphatic heterocycles. The lowest BCUT2D eigenvalue weighted by atomic mass is 9.89. The van der Waals surface area contributed by atoms with E-state index < -0.39 is 0 Å². The van der Waals surface area contributed by atoms with Crippen molar-refractivity contribution in [1.29, 1.82) is 0 Å². The Balaban J connectivity index is 1.44. The molecular weight excluding hydrogens is 378 g/mol. The Kier molecular flexibility index (Phi) is 5.79. The molecular formula is C21H24BrNO2. The summed E-state index contributed by atoms with van der Waals surface area (Å²) in [6.07, 6.45) is 3.48. The minimum absolute atomic E-state index is 0.104. The fourth-order valence-electron chi connectivity index (χ4n) is 3.28. The van der Waals surface area contributed by atoms with E-state index in [0.29, 0.717) is 13.0 Å². The molecule has 1 aliphatic rings. The summed E-state index contributed by atoms with van der Waals surface area (Å²) in [5.41, 5.74) is 1.42. The van der Waals surface area contributed by atoms with Crippen LogP contribution in [0.5, 0.6) is 5.75 Å². The summed E-state index contributed by atoms with van der Waals surface area (Å²) >= 11 is 3.48. The Bertz CT molecular complexity index is 696. The molecule has 3 rings (SSSR count). The fourth-order valence-corrected chi connectivity index (χ4v) is 3.54. The van der Waals surface area contributed by atoms with Crippen LogP contribution in [0.2, 0.25) is 0 Å². The van der Waals surface area contributed by atoms with Gasteiger partial charge in [-0.15, -0.1) is 0 Å². The predicted octanol–water partition coefficient (Wildman–Crippen LogP) is 4.84. The lowest BCUT2D eigenvalue weighted by Gasteiger charge is -2.25. The summed E-state index contributed by atoms with van der Waals surface area (Å²) in [5.74, 6) is 0.955. The molecule has 0 bridgehead atoms. The van der Waals surface area contributed by atoms with Gasteiger partial charge >= 0.3 is 0 Å². The third-order valence-electron chi connectivity index (χ3n) is 4.97. The second-order valence-electron chi connectivity index (χ2n) is 6.72. The zero-order valence-corrected chi connectivity index (χ0v) is 16.1. The van der Waals surface area contributed by atoms with Crippen LogP contribution >= 0.6 is 15.9 Å². The van der Waals surface area contributed by atoms with Crippen molar-refractivity contribution >= 4 is 21.8 Å². The summed E-state index contributed by atoms with van der Waals surface area (Å²) in [7, 11) is 0. The first kappa shape index (κ1) is 18.0. The molecule has 25 heavy (non-hydrogen) atoms. The Morgan fingerprint density at radius 3 is 2.48 bits per heavy atom. The van der Waals surface area contributed by atoms with Gasteiger partial charge < -0.3 is 10.1 Å². The first-order valence-electron chi connectivity index (χ1n) is 8.83. The minimum atomic E-state index is 0.104. The van der Waals surface area contributed by atoms with Crippen LogP contribution in [0.1, 0.15) is 38.2 Å². The standard InChI is InChI=1S/C21H24BrNO2/c1-16(21(13-14-21)17-9-11-18(22)12-10-17)23-20(24)8-5-15-25-19-6-3-2-4-7-19/h2-4,6-7,9-12,16H,5,8,13-15H2,1H3,(H,23,24). The molecule has 3 nitrogen and oxygen atoms in total. The Morgan fingerprint density at radius 2 is 1.84 bits per heavy atom. The highest BCUT2D eigenvalue weighted by molar-refractivity contribution is 9.10. The van der Waals surface area contributed by atoms with E-state index in [0.717, 1.165) is 29.5 Å². The third-order valence-corrected chi connectivity index (χ3v) is 5.50. The summed E-state index contributed by atoms with van der Waals surface area (Å²) in [6, 6.07) is 18.3. The van der Waals surface area contributed by atoms with Crippen LogP contribution in [-0.2, 0) is 10.2 Å². The van der Waals surface area contributed by atoms with Gasteiger partial charge in [-0.1, -0.05) is 46.3 Å². The molecule has 1 atom stereocenters. The molecule has 0 heterocycles. The van der Waals surface area contributed by atoms with Crippen LogP contribution in [0.15, 0.2) is 59.1 Å². The molecule has 0 saturated heterocycles.